The first-order valence-electron chi connectivity index (χ1n) is 5.26. The molecule has 0 radical (unpaired) electrons. The summed E-state index contributed by atoms with van der Waals surface area (Å²) in [6.07, 6.45) is 3.47. The van der Waals surface area contributed by atoms with Crippen LogP contribution >= 0.6 is 0 Å². The van der Waals surface area contributed by atoms with Gasteiger partial charge in [-0.05, 0) is 11.6 Å². The summed E-state index contributed by atoms with van der Waals surface area (Å²) < 4.78 is 0. The predicted molar refractivity (Wildman–Crippen MR) is 58.8 cm³/mol. The first-order valence-corrected chi connectivity index (χ1v) is 5.26. The van der Waals surface area contributed by atoms with Crippen molar-refractivity contribution in [1.82, 2.24) is 14.8 Å². The molecule has 5 nitrogen and oxygen atoms in total. The third-order valence-corrected chi connectivity index (χ3v) is 2.81. The minimum absolute atomic E-state index is 0.00153. The number of hydrogen-bond donors (Lipinski definition) is 1. The number of carbonyl (C=O) groups is 1. The van der Waals surface area contributed by atoms with Crippen LogP contribution < -0.4 is 0 Å². The molecule has 1 aromatic rings. The molecule has 0 aliphatic carbocycles. The van der Waals surface area contributed by atoms with Crippen molar-refractivity contribution in [3.8, 4) is 0 Å². The third-order valence-electron chi connectivity index (χ3n) is 2.81. The average molecular weight is 221 g/mol. The van der Waals surface area contributed by atoms with Gasteiger partial charge in [-0.25, -0.2) is 4.79 Å². The van der Waals surface area contributed by atoms with Crippen molar-refractivity contribution in [2.45, 2.75) is 6.04 Å². The van der Waals surface area contributed by atoms with Gasteiger partial charge in [-0.3, -0.25) is 4.98 Å². The number of pyridine rings is 1. The number of aliphatic hydroxyl groups is 1. The second-order valence-corrected chi connectivity index (χ2v) is 3.88. The Hall–Kier alpha value is -1.62. The number of amides is 2. The van der Waals surface area contributed by atoms with Gasteiger partial charge >= 0.3 is 6.03 Å². The first kappa shape index (κ1) is 10.9. The number of β-amino-alcohol motifs (C(OH)–C–C–N with tert-alkyl or cyclic N) is 1. The third kappa shape index (κ3) is 1.86. The number of likely N-dealkylation sites (N-methyl/N-ethyl adjacent to an activating group) is 1. The quantitative estimate of drug-likeness (QED) is 0.807. The second-order valence-electron chi connectivity index (χ2n) is 3.88. The van der Waals surface area contributed by atoms with E-state index in [1.165, 1.54) is 0 Å². The van der Waals surface area contributed by atoms with Gasteiger partial charge in [-0.1, -0.05) is 6.07 Å². The fourth-order valence-electron chi connectivity index (χ4n) is 2.01. The molecule has 2 amide bonds. The molecule has 1 aliphatic rings. The lowest BCUT2D eigenvalue weighted by atomic mass is 10.1. The highest BCUT2D eigenvalue weighted by atomic mass is 16.3. The maximum Gasteiger partial charge on any atom is 0.320 e. The number of nitrogens with zero attached hydrogens (tertiary/aromatic N) is 3. The smallest absolute Gasteiger partial charge is 0.320 e. The van der Waals surface area contributed by atoms with E-state index < -0.39 is 0 Å². The number of aliphatic hydroxyl groups excluding tert-OH is 1. The molecule has 1 fully saturated rings. The van der Waals surface area contributed by atoms with E-state index >= 15 is 0 Å². The SMILES string of the molecule is CN1CC(c2cccnc2)N(CCO)C1=O. The molecule has 1 aromatic heterocycles. The van der Waals surface area contributed by atoms with E-state index in [4.69, 9.17) is 5.11 Å². The van der Waals surface area contributed by atoms with Crippen LogP contribution in [0.4, 0.5) is 4.79 Å². The van der Waals surface area contributed by atoms with Gasteiger partial charge in [0.25, 0.3) is 0 Å². The summed E-state index contributed by atoms with van der Waals surface area (Å²) >= 11 is 0. The Morgan fingerprint density at radius 1 is 1.62 bits per heavy atom. The molecule has 0 bridgehead atoms. The van der Waals surface area contributed by atoms with E-state index in [9.17, 15) is 4.79 Å². The Kier molecular flexibility index (Phi) is 3.05. The molecule has 2 rings (SSSR count). The van der Waals surface area contributed by atoms with Crippen molar-refractivity contribution < 1.29 is 9.90 Å². The molecule has 16 heavy (non-hydrogen) atoms. The fraction of sp³-hybridized carbons (Fsp3) is 0.455. The maximum absolute atomic E-state index is 11.8. The Labute approximate surface area is 94.3 Å². The Morgan fingerprint density at radius 2 is 2.44 bits per heavy atom. The van der Waals surface area contributed by atoms with Crippen molar-refractivity contribution >= 4 is 6.03 Å². The van der Waals surface area contributed by atoms with Gasteiger partial charge in [-0.2, -0.15) is 0 Å². The monoisotopic (exact) mass is 221 g/mol. The molecule has 1 saturated heterocycles. The van der Waals surface area contributed by atoms with Crippen molar-refractivity contribution in [2.75, 3.05) is 26.7 Å². The highest BCUT2D eigenvalue weighted by Gasteiger charge is 2.35. The zero-order chi connectivity index (χ0) is 11.5. The standard InChI is InChI=1S/C11H15N3O2/c1-13-8-10(9-3-2-4-12-7-9)14(5-6-15)11(13)16/h2-4,7,10,15H,5-6,8H2,1H3. The van der Waals surface area contributed by atoms with Crippen molar-refractivity contribution in [2.24, 2.45) is 0 Å². The highest BCUT2D eigenvalue weighted by molar-refractivity contribution is 5.77. The summed E-state index contributed by atoms with van der Waals surface area (Å²) in [6.45, 7) is 0.990. The van der Waals surface area contributed by atoms with Crippen LogP contribution in [-0.2, 0) is 0 Å². The predicted octanol–water partition coefficient (Wildman–Crippen LogP) is 0.482. The number of carbonyl (C=O) groups excluding carboxylic acids is 1. The molecule has 86 valence electrons. The topological polar surface area (TPSA) is 56.7 Å². The van der Waals surface area contributed by atoms with Crippen LogP contribution in [0.5, 0.6) is 0 Å². The number of hydrogen-bond acceptors (Lipinski definition) is 3. The maximum atomic E-state index is 11.8. The normalized spacial score (nSPS) is 20.6. The van der Waals surface area contributed by atoms with E-state index in [0.717, 1.165) is 5.56 Å². The van der Waals surface area contributed by atoms with Crippen LogP contribution in [0.3, 0.4) is 0 Å². The van der Waals surface area contributed by atoms with Crippen LogP contribution in [0.2, 0.25) is 0 Å². The van der Waals surface area contributed by atoms with Gasteiger partial charge in [0.05, 0.1) is 12.6 Å². The lowest BCUT2D eigenvalue weighted by Crippen LogP contribution is -2.33. The average Bonchev–Trinajstić information content (AvgIpc) is 2.59. The Bertz CT molecular complexity index is 369. The zero-order valence-electron chi connectivity index (χ0n) is 9.21. The van der Waals surface area contributed by atoms with Gasteiger partial charge in [-0.15, -0.1) is 0 Å². The molecule has 1 atom stereocenters. The summed E-state index contributed by atoms with van der Waals surface area (Å²) in [4.78, 5) is 19.2. The largest absolute Gasteiger partial charge is 0.395 e. The van der Waals surface area contributed by atoms with Gasteiger partial charge in [0, 0.05) is 32.5 Å². The van der Waals surface area contributed by atoms with Crippen LogP contribution in [0.1, 0.15) is 11.6 Å². The molecule has 2 heterocycles. The van der Waals surface area contributed by atoms with Gasteiger partial charge in [0.2, 0.25) is 0 Å². The summed E-state index contributed by atoms with van der Waals surface area (Å²) in [5, 5.41) is 8.97. The van der Waals surface area contributed by atoms with E-state index in [1.54, 1.807) is 29.2 Å². The molecular weight excluding hydrogens is 206 g/mol. The minimum atomic E-state index is -0.0390. The molecular formula is C11H15N3O2. The number of rotatable bonds is 3. The number of urea groups is 1. The molecule has 0 spiro atoms. The fourth-order valence-corrected chi connectivity index (χ4v) is 2.01. The second kappa shape index (κ2) is 4.49. The molecule has 1 N–H and O–H groups in total. The lowest BCUT2D eigenvalue weighted by Gasteiger charge is -2.21. The van der Waals surface area contributed by atoms with Crippen LogP contribution in [0.15, 0.2) is 24.5 Å². The van der Waals surface area contributed by atoms with E-state index in [-0.39, 0.29) is 18.7 Å². The molecule has 5 heteroatoms. The summed E-state index contributed by atoms with van der Waals surface area (Å²) in [5.74, 6) is 0. The Morgan fingerprint density at radius 3 is 3.06 bits per heavy atom. The highest BCUT2D eigenvalue weighted by Crippen LogP contribution is 2.27. The molecule has 0 aromatic carbocycles. The first-order chi connectivity index (χ1) is 7.74. The minimum Gasteiger partial charge on any atom is -0.395 e. The lowest BCUT2D eigenvalue weighted by molar-refractivity contribution is 0.171. The molecule has 1 unspecified atom stereocenters. The van der Waals surface area contributed by atoms with Gasteiger partial charge < -0.3 is 14.9 Å². The Balaban J connectivity index is 2.23. The van der Waals surface area contributed by atoms with Gasteiger partial charge in [0.1, 0.15) is 0 Å². The zero-order valence-corrected chi connectivity index (χ0v) is 9.21. The van der Waals surface area contributed by atoms with Crippen molar-refractivity contribution in [3.05, 3.63) is 30.1 Å². The summed E-state index contributed by atoms with van der Waals surface area (Å²) in [6, 6.07) is 3.77. The van der Waals surface area contributed by atoms with Crippen LogP contribution in [-0.4, -0.2) is 52.7 Å². The van der Waals surface area contributed by atoms with Crippen molar-refractivity contribution in [1.29, 1.82) is 0 Å². The summed E-state index contributed by atoms with van der Waals surface area (Å²) in [7, 11) is 1.77. The van der Waals surface area contributed by atoms with E-state index in [2.05, 4.69) is 4.98 Å². The van der Waals surface area contributed by atoms with E-state index in [1.807, 2.05) is 12.1 Å². The van der Waals surface area contributed by atoms with Gasteiger partial charge in [0.15, 0.2) is 0 Å². The molecule has 0 saturated carbocycles. The van der Waals surface area contributed by atoms with E-state index in [0.29, 0.717) is 13.1 Å². The number of aromatic nitrogens is 1. The van der Waals surface area contributed by atoms with Crippen LogP contribution in [0.25, 0.3) is 0 Å². The van der Waals surface area contributed by atoms with Crippen LogP contribution in [0, 0.1) is 0 Å². The van der Waals surface area contributed by atoms with Crippen molar-refractivity contribution in [3.63, 3.8) is 0 Å². The summed E-state index contributed by atoms with van der Waals surface area (Å²) in [5.41, 5.74) is 1.01. The molecule has 1 aliphatic heterocycles.